The minimum Gasteiger partial charge on any atom is -0.444 e. The van der Waals surface area contributed by atoms with E-state index in [4.69, 9.17) is 11.2 Å². The molecule has 1 N–H and O–H groups in total. The van der Waals surface area contributed by atoms with Gasteiger partial charge in [-0.2, -0.15) is 0 Å². The minimum atomic E-state index is -0.427. The summed E-state index contributed by atoms with van der Waals surface area (Å²) in [6, 6.07) is 0.364. The maximum absolute atomic E-state index is 12.0. The molecule has 20 heavy (non-hydrogen) atoms. The number of carbonyl (C=O) groups is 1. The average molecular weight is 298 g/mol. The summed E-state index contributed by atoms with van der Waals surface area (Å²) in [7, 11) is 0. The number of nitrogens with one attached hydrogen (secondary N) is 1. The summed E-state index contributed by atoms with van der Waals surface area (Å²) in [6.07, 6.45) is 7.14. The van der Waals surface area contributed by atoms with Crippen LogP contribution < -0.4 is 5.32 Å². The first-order chi connectivity index (χ1) is 9.42. The molecule has 0 bridgehead atoms. The number of likely N-dealkylation sites (tertiary alicyclic amines) is 1. The van der Waals surface area contributed by atoms with Crippen molar-refractivity contribution in [2.24, 2.45) is 0 Å². The van der Waals surface area contributed by atoms with Gasteiger partial charge in [0.1, 0.15) is 5.60 Å². The van der Waals surface area contributed by atoms with E-state index >= 15 is 0 Å². The molecule has 0 radical (unpaired) electrons. The summed E-state index contributed by atoms with van der Waals surface area (Å²) in [4.78, 5) is 13.8. The van der Waals surface area contributed by atoms with Crippen LogP contribution in [-0.2, 0) is 4.74 Å². The molecule has 0 saturated carbocycles. The van der Waals surface area contributed by atoms with Crippen molar-refractivity contribution in [3.63, 3.8) is 0 Å². The van der Waals surface area contributed by atoms with Crippen molar-refractivity contribution in [2.45, 2.75) is 45.3 Å². The zero-order valence-electron chi connectivity index (χ0n) is 12.8. The number of ether oxygens (including phenoxy) is 1. The molecule has 1 aliphatic heterocycles. The van der Waals surface area contributed by atoms with Crippen molar-refractivity contribution < 1.29 is 9.53 Å². The first-order valence-electron chi connectivity index (χ1n) is 7.15. The van der Waals surface area contributed by atoms with Gasteiger partial charge in [0.25, 0.3) is 0 Å². The van der Waals surface area contributed by atoms with Crippen molar-refractivity contribution >= 4 is 17.9 Å². The van der Waals surface area contributed by atoms with Crippen LogP contribution in [0.25, 0.3) is 0 Å². The standard InChI is InChI=1S/C15H26N2O2S/c1-5-10-20-11-8-16-13-7-6-9-17(12-13)14(18)19-15(2,3)4/h1,13,16H,6-12H2,2-4H3. The molecule has 114 valence electrons. The Bertz CT molecular complexity index is 347. The Hall–Kier alpha value is -0.860. The molecular weight excluding hydrogens is 272 g/mol. The summed E-state index contributed by atoms with van der Waals surface area (Å²) in [6.45, 7) is 8.14. The third-order valence-electron chi connectivity index (χ3n) is 2.94. The van der Waals surface area contributed by atoms with Crippen molar-refractivity contribution in [2.75, 3.05) is 31.1 Å². The lowest BCUT2D eigenvalue weighted by Crippen LogP contribution is -2.49. The number of hydrogen-bond donors (Lipinski definition) is 1. The van der Waals surface area contributed by atoms with Gasteiger partial charge in [-0.25, -0.2) is 4.79 Å². The largest absolute Gasteiger partial charge is 0.444 e. The van der Waals surface area contributed by atoms with E-state index in [-0.39, 0.29) is 6.09 Å². The van der Waals surface area contributed by atoms with Crippen LogP contribution in [0.3, 0.4) is 0 Å². The SMILES string of the molecule is C#CCSCCNC1CCCN(C(=O)OC(C)(C)C)C1. The van der Waals surface area contributed by atoms with Crippen LogP contribution in [0.4, 0.5) is 4.79 Å². The molecule has 1 aliphatic rings. The second-order valence-corrected chi connectivity index (χ2v) is 7.08. The molecule has 0 aromatic carbocycles. The highest BCUT2D eigenvalue weighted by Crippen LogP contribution is 2.15. The molecule has 1 amide bonds. The number of terminal acetylenes is 1. The number of hydrogen-bond acceptors (Lipinski definition) is 4. The van der Waals surface area contributed by atoms with E-state index in [1.807, 2.05) is 20.8 Å². The minimum absolute atomic E-state index is 0.203. The van der Waals surface area contributed by atoms with Gasteiger partial charge in [-0.15, -0.1) is 18.2 Å². The Labute approximate surface area is 127 Å². The van der Waals surface area contributed by atoms with E-state index in [2.05, 4.69) is 11.2 Å². The molecule has 0 aromatic heterocycles. The molecule has 1 rings (SSSR count). The topological polar surface area (TPSA) is 41.6 Å². The van der Waals surface area contributed by atoms with E-state index in [1.54, 1.807) is 16.7 Å². The maximum Gasteiger partial charge on any atom is 0.410 e. The zero-order valence-corrected chi connectivity index (χ0v) is 13.6. The molecule has 0 aliphatic carbocycles. The highest BCUT2D eigenvalue weighted by Gasteiger charge is 2.27. The predicted molar refractivity (Wildman–Crippen MR) is 85.0 cm³/mol. The highest BCUT2D eigenvalue weighted by atomic mass is 32.2. The van der Waals surface area contributed by atoms with E-state index < -0.39 is 5.60 Å². The Morgan fingerprint density at radius 2 is 2.30 bits per heavy atom. The van der Waals surface area contributed by atoms with Crippen molar-refractivity contribution in [3.8, 4) is 12.3 Å². The third kappa shape index (κ3) is 7.06. The molecule has 1 saturated heterocycles. The second kappa shape index (κ2) is 8.43. The van der Waals surface area contributed by atoms with Crippen LogP contribution >= 0.6 is 11.8 Å². The number of piperidine rings is 1. The lowest BCUT2D eigenvalue weighted by atomic mass is 10.1. The van der Waals surface area contributed by atoms with Crippen LogP contribution in [-0.4, -0.2) is 53.8 Å². The quantitative estimate of drug-likeness (QED) is 0.625. The second-order valence-electron chi connectivity index (χ2n) is 5.98. The monoisotopic (exact) mass is 298 g/mol. The van der Waals surface area contributed by atoms with Crippen LogP contribution in [0.1, 0.15) is 33.6 Å². The van der Waals surface area contributed by atoms with Gasteiger partial charge in [0.2, 0.25) is 0 Å². The van der Waals surface area contributed by atoms with Gasteiger partial charge >= 0.3 is 6.09 Å². The summed E-state index contributed by atoms with van der Waals surface area (Å²) >= 11 is 1.75. The van der Waals surface area contributed by atoms with Crippen LogP contribution in [0.2, 0.25) is 0 Å². The van der Waals surface area contributed by atoms with Crippen molar-refractivity contribution in [3.05, 3.63) is 0 Å². The van der Waals surface area contributed by atoms with Gasteiger partial charge in [0.15, 0.2) is 0 Å². The molecule has 5 heteroatoms. The highest BCUT2D eigenvalue weighted by molar-refractivity contribution is 7.99. The Kier molecular flexibility index (Phi) is 7.25. The van der Waals surface area contributed by atoms with Crippen LogP contribution in [0.5, 0.6) is 0 Å². The van der Waals surface area contributed by atoms with Gasteiger partial charge in [0, 0.05) is 31.4 Å². The smallest absolute Gasteiger partial charge is 0.410 e. The summed E-state index contributed by atoms with van der Waals surface area (Å²) in [5.74, 6) is 4.38. The van der Waals surface area contributed by atoms with Gasteiger partial charge in [0.05, 0.1) is 5.75 Å². The van der Waals surface area contributed by atoms with E-state index in [1.165, 1.54) is 0 Å². The number of thioether (sulfide) groups is 1. The normalized spacial score (nSPS) is 19.5. The summed E-state index contributed by atoms with van der Waals surface area (Å²) in [5, 5.41) is 3.49. The lowest BCUT2D eigenvalue weighted by Gasteiger charge is -2.34. The fourth-order valence-corrected chi connectivity index (χ4v) is 2.63. The molecular formula is C15H26N2O2S. The Balaban J connectivity index is 2.28. The van der Waals surface area contributed by atoms with Gasteiger partial charge in [-0.1, -0.05) is 5.92 Å². The Morgan fingerprint density at radius 1 is 1.55 bits per heavy atom. The molecule has 1 unspecified atom stereocenters. The molecule has 1 heterocycles. The maximum atomic E-state index is 12.0. The van der Waals surface area contributed by atoms with Crippen molar-refractivity contribution in [1.82, 2.24) is 10.2 Å². The lowest BCUT2D eigenvalue weighted by molar-refractivity contribution is 0.0188. The fraction of sp³-hybridized carbons (Fsp3) is 0.800. The zero-order chi connectivity index (χ0) is 15.0. The van der Waals surface area contributed by atoms with Crippen LogP contribution in [0.15, 0.2) is 0 Å². The molecule has 0 spiro atoms. The molecule has 1 atom stereocenters. The average Bonchev–Trinajstić information content (AvgIpc) is 2.37. The first kappa shape index (κ1) is 17.2. The van der Waals surface area contributed by atoms with E-state index in [0.717, 1.165) is 44.0 Å². The van der Waals surface area contributed by atoms with E-state index in [9.17, 15) is 4.79 Å². The van der Waals surface area contributed by atoms with E-state index in [0.29, 0.717) is 6.04 Å². The van der Waals surface area contributed by atoms with Gasteiger partial charge in [-0.3, -0.25) is 0 Å². The molecule has 1 fully saturated rings. The van der Waals surface area contributed by atoms with Crippen molar-refractivity contribution in [1.29, 1.82) is 0 Å². The van der Waals surface area contributed by atoms with Crippen LogP contribution in [0, 0.1) is 12.3 Å². The number of carbonyl (C=O) groups excluding carboxylic acids is 1. The number of amides is 1. The van der Waals surface area contributed by atoms with Gasteiger partial charge < -0.3 is 15.0 Å². The third-order valence-corrected chi connectivity index (χ3v) is 3.80. The number of rotatable bonds is 5. The number of nitrogens with zero attached hydrogens (tertiary/aromatic N) is 1. The fourth-order valence-electron chi connectivity index (χ4n) is 2.10. The molecule has 4 nitrogen and oxygen atoms in total. The predicted octanol–water partition coefficient (Wildman–Crippen LogP) is 2.34. The summed E-state index contributed by atoms with van der Waals surface area (Å²) in [5.41, 5.74) is -0.427. The first-order valence-corrected chi connectivity index (χ1v) is 8.30. The summed E-state index contributed by atoms with van der Waals surface area (Å²) < 4.78 is 5.42. The van der Waals surface area contributed by atoms with Gasteiger partial charge in [-0.05, 0) is 33.6 Å². The molecule has 0 aromatic rings. The Morgan fingerprint density at radius 3 is 2.95 bits per heavy atom.